The fraction of sp³-hybridized carbons (Fsp3) is 0.750. The zero-order valence-electron chi connectivity index (χ0n) is 14.5. The molecule has 114 valence electrons. The molecule has 1 rings (SSSR count). The lowest BCUT2D eigenvalue weighted by molar-refractivity contribution is 0.328. The first-order chi connectivity index (χ1) is 9.09. The van der Waals surface area contributed by atoms with E-state index in [0.717, 1.165) is 23.0 Å². The first kappa shape index (κ1) is 16.7. The van der Waals surface area contributed by atoms with Crippen LogP contribution in [-0.2, 0) is 0 Å². The molecule has 0 aliphatic carbocycles. The second-order valence-corrected chi connectivity index (χ2v) is 6.94. The Bertz CT molecular complexity index is 460. The normalized spacial score (nSPS) is 13.5. The van der Waals surface area contributed by atoms with Gasteiger partial charge < -0.3 is 10.2 Å². The quantitative estimate of drug-likeness (QED) is 0.909. The van der Waals surface area contributed by atoms with Crippen LogP contribution < -0.4 is 10.2 Å². The van der Waals surface area contributed by atoms with Gasteiger partial charge in [-0.2, -0.15) is 0 Å². The third kappa shape index (κ3) is 3.41. The number of hydrogen-bond acceptors (Lipinski definition) is 4. The predicted octanol–water partition coefficient (Wildman–Crippen LogP) is 3.82. The van der Waals surface area contributed by atoms with Crippen molar-refractivity contribution in [3.63, 3.8) is 0 Å². The van der Waals surface area contributed by atoms with Gasteiger partial charge in [0.25, 0.3) is 0 Å². The summed E-state index contributed by atoms with van der Waals surface area (Å²) in [5.74, 6) is 3.16. The van der Waals surface area contributed by atoms with Crippen molar-refractivity contribution < 1.29 is 0 Å². The first-order valence-corrected chi connectivity index (χ1v) is 7.38. The average Bonchev–Trinajstić information content (AvgIpc) is 2.35. The van der Waals surface area contributed by atoms with Crippen molar-refractivity contribution in [1.29, 1.82) is 0 Å². The minimum atomic E-state index is 0.198. The molecule has 20 heavy (non-hydrogen) atoms. The van der Waals surface area contributed by atoms with Gasteiger partial charge in [-0.05, 0) is 19.3 Å². The van der Waals surface area contributed by atoms with Gasteiger partial charge in [0.2, 0.25) is 0 Å². The summed E-state index contributed by atoms with van der Waals surface area (Å²) >= 11 is 0. The number of aromatic nitrogens is 2. The van der Waals surface area contributed by atoms with Gasteiger partial charge in [-0.25, -0.2) is 9.97 Å². The molecule has 0 aliphatic rings. The molecule has 1 aromatic rings. The van der Waals surface area contributed by atoms with E-state index in [1.807, 2.05) is 7.05 Å². The standard InChI is InChI=1S/C16H30N4/c1-10(2)13-18-14(17-8)11(3)15(19-13)20(9)12(4)16(5,6)7/h10,12H,1-9H3,(H,17,18,19). The van der Waals surface area contributed by atoms with Crippen molar-refractivity contribution in [1.82, 2.24) is 9.97 Å². The minimum Gasteiger partial charge on any atom is -0.373 e. The lowest BCUT2D eigenvalue weighted by Crippen LogP contribution is -2.40. The van der Waals surface area contributed by atoms with Gasteiger partial charge in [0.05, 0.1) is 0 Å². The summed E-state index contributed by atoms with van der Waals surface area (Å²) in [6.45, 7) is 15.3. The monoisotopic (exact) mass is 278 g/mol. The zero-order chi connectivity index (χ0) is 15.7. The highest BCUT2D eigenvalue weighted by Crippen LogP contribution is 2.31. The van der Waals surface area contributed by atoms with Crippen LogP contribution in [-0.4, -0.2) is 30.1 Å². The van der Waals surface area contributed by atoms with Crippen LogP contribution in [0.25, 0.3) is 0 Å². The van der Waals surface area contributed by atoms with E-state index in [0.29, 0.717) is 12.0 Å². The molecular weight excluding hydrogens is 248 g/mol. The first-order valence-electron chi connectivity index (χ1n) is 7.38. The molecule has 1 aromatic heterocycles. The van der Waals surface area contributed by atoms with Gasteiger partial charge in [0.1, 0.15) is 17.5 Å². The molecule has 0 bridgehead atoms. The molecule has 0 radical (unpaired) electrons. The Balaban J connectivity index is 3.32. The summed E-state index contributed by atoms with van der Waals surface area (Å²) in [5, 5.41) is 3.19. The van der Waals surface area contributed by atoms with Gasteiger partial charge >= 0.3 is 0 Å². The highest BCUT2D eigenvalue weighted by atomic mass is 15.2. The van der Waals surface area contributed by atoms with Crippen LogP contribution in [0.2, 0.25) is 0 Å². The molecule has 0 spiro atoms. The largest absolute Gasteiger partial charge is 0.373 e. The van der Waals surface area contributed by atoms with Gasteiger partial charge in [-0.1, -0.05) is 34.6 Å². The van der Waals surface area contributed by atoms with Crippen LogP contribution >= 0.6 is 0 Å². The maximum Gasteiger partial charge on any atom is 0.137 e. The zero-order valence-corrected chi connectivity index (χ0v) is 14.5. The van der Waals surface area contributed by atoms with Gasteiger partial charge in [-0.15, -0.1) is 0 Å². The SMILES string of the molecule is CNc1nc(C(C)C)nc(N(C)C(C)C(C)(C)C)c1C. The fourth-order valence-electron chi connectivity index (χ4n) is 2.13. The summed E-state index contributed by atoms with van der Waals surface area (Å²) in [6, 6.07) is 0.390. The van der Waals surface area contributed by atoms with Crippen LogP contribution in [0.1, 0.15) is 58.8 Å². The number of rotatable bonds is 4. The second-order valence-electron chi connectivity index (χ2n) is 6.94. The topological polar surface area (TPSA) is 41.1 Å². The molecule has 1 atom stereocenters. The Morgan fingerprint density at radius 3 is 2.05 bits per heavy atom. The number of anilines is 2. The highest BCUT2D eigenvalue weighted by Gasteiger charge is 2.27. The van der Waals surface area contributed by atoms with E-state index in [1.54, 1.807) is 0 Å². The van der Waals surface area contributed by atoms with Gasteiger partial charge in [-0.3, -0.25) is 0 Å². The molecule has 0 aromatic carbocycles. The lowest BCUT2D eigenvalue weighted by Gasteiger charge is -2.37. The van der Waals surface area contributed by atoms with Crippen molar-refractivity contribution in [2.24, 2.45) is 5.41 Å². The van der Waals surface area contributed by atoms with E-state index in [1.165, 1.54) is 0 Å². The lowest BCUT2D eigenvalue weighted by atomic mass is 9.87. The summed E-state index contributed by atoms with van der Waals surface area (Å²) < 4.78 is 0. The summed E-state index contributed by atoms with van der Waals surface area (Å²) in [6.07, 6.45) is 0. The van der Waals surface area contributed by atoms with E-state index >= 15 is 0 Å². The summed E-state index contributed by atoms with van der Waals surface area (Å²) in [5.41, 5.74) is 1.31. The third-order valence-corrected chi connectivity index (χ3v) is 4.06. The van der Waals surface area contributed by atoms with Crippen molar-refractivity contribution in [2.75, 3.05) is 24.3 Å². The molecule has 1 N–H and O–H groups in total. The molecule has 0 saturated carbocycles. The molecule has 4 heteroatoms. The summed E-state index contributed by atoms with van der Waals surface area (Å²) in [7, 11) is 4.03. The van der Waals surface area contributed by atoms with Crippen LogP contribution in [0.15, 0.2) is 0 Å². The summed E-state index contributed by atoms with van der Waals surface area (Å²) in [4.78, 5) is 11.7. The van der Waals surface area contributed by atoms with Crippen LogP contribution in [0, 0.1) is 12.3 Å². The minimum absolute atomic E-state index is 0.198. The Kier molecular flexibility index (Phi) is 5.00. The van der Waals surface area contributed by atoms with Crippen molar-refractivity contribution in [3.8, 4) is 0 Å². The van der Waals surface area contributed by atoms with E-state index in [2.05, 4.69) is 70.7 Å². The molecule has 1 unspecified atom stereocenters. The van der Waals surface area contributed by atoms with E-state index < -0.39 is 0 Å². The van der Waals surface area contributed by atoms with E-state index in [9.17, 15) is 0 Å². The third-order valence-electron chi connectivity index (χ3n) is 4.06. The van der Waals surface area contributed by atoms with Crippen LogP contribution in [0.4, 0.5) is 11.6 Å². The van der Waals surface area contributed by atoms with E-state index in [4.69, 9.17) is 4.98 Å². The Hall–Kier alpha value is -1.32. The Labute approximate surface area is 124 Å². The van der Waals surface area contributed by atoms with Crippen molar-refractivity contribution in [3.05, 3.63) is 11.4 Å². The van der Waals surface area contributed by atoms with Crippen LogP contribution in [0.5, 0.6) is 0 Å². The molecular formula is C16H30N4. The van der Waals surface area contributed by atoms with Crippen molar-refractivity contribution in [2.45, 2.75) is 60.4 Å². The van der Waals surface area contributed by atoms with Crippen molar-refractivity contribution >= 4 is 11.6 Å². The molecule has 0 saturated heterocycles. The fourth-order valence-corrected chi connectivity index (χ4v) is 2.13. The number of hydrogen-bond donors (Lipinski definition) is 1. The Morgan fingerprint density at radius 2 is 1.65 bits per heavy atom. The highest BCUT2D eigenvalue weighted by molar-refractivity contribution is 5.58. The van der Waals surface area contributed by atoms with Gasteiger partial charge in [0, 0.05) is 31.6 Å². The maximum atomic E-state index is 4.79. The number of nitrogens with one attached hydrogen (secondary N) is 1. The van der Waals surface area contributed by atoms with E-state index in [-0.39, 0.29) is 5.41 Å². The Morgan fingerprint density at radius 1 is 1.10 bits per heavy atom. The van der Waals surface area contributed by atoms with Crippen LogP contribution in [0.3, 0.4) is 0 Å². The molecule has 0 aliphatic heterocycles. The van der Waals surface area contributed by atoms with Gasteiger partial charge in [0.15, 0.2) is 0 Å². The molecule has 1 heterocycles. The molecule has 4 nitrogen and oxygen atoms in total. The predicted molar refractivity (Wildman–Crippen MR) is 87.7 cm³/mol. The maximum absolute atomic E-state index is 4.79. The smallest absolute Gasteiger partial charge is 0.137 e. The second kappa shape index (κ2) is 5.98. The number of nitrogens with zero attached hydrogens (tertiary/aromatic N) is 3. The average molecular weight is 278 g/mol. The molecule has 0 fully saturated rings. The molecule has 0 amide bonds.